The lowest BCUT2D eigenvalue weighted by Crippen LogP contribution is -2.37. The van der Waals surface area contributed by atoms with Crippen molar-refractivity contribution in [2.45, 2.75) is 200 Å². The van der Waals surface area contributed by atoms with Gasteiger partial charge < -0.3 is 18.9 Å². The number of ether oxygens (including phenoxy) is 2. The zero-order valence-electron chi connectivity index (χ0n) is 35.7. The molecule has 54 heavy (non-hydrogen) atoms. The van der Waals surface area contributed by atoms with Gasteiger partial charge in [-0.15, -0.1) is 0 Å². The predicted molar refractivity (Wildman–Crippen MR) is 224 cm³/mol. The average Bonchev–Trinajstić information content (AvgIpc) is 3.12. The molecule has 9 nitrogen and oxygen atoms in total. The minimum Gasteiger partial charge on any atom is -0.462 e. The highest BCUT2D eigenvalue weighted by Crippen LogP contribution is 2.43. The summed E-state index contributed by atoms with van der Waals surface area (Å²) < 4.78 is 34.3. The molecule has 0 aromatic rings. The summed E-state index contributed by atoms with van der Waals surface area (Å²) in [6, 6.07) is 0. The van der Waals surface area contributed by atoms with Crippen LogP contribution in [-0.4, -0.2) is 74.9 Å². The van der Waals surface area contributed by atoms with Gasteiger partial charge in [0.15, 0.2) is 6.10 Å². The van der Waals surface area contributed by atoms with E-state index >= 15 is 0 Å². The summed E-state index contributed by atoms with van der Waals surface area (Å²) in [5.74, 6) is -0.814. The maximum Gasteiger partial charge on any atom is 0.472 e. The molecular weight excluding hydrogens is 701 g/mol. The number of carbonyl (C=O) groups is 2. The lowest BCUT2D eigenvalue weighted by atomic mass is 10.1. The smallest absolute Gasteiger partial charge is 0.462 e. The summed E-state index contributed by atoms with van der Waals surface area (Å²) >= 11 is 0. The topological polar surface area (TPSA) is 108 Å². The van der Waals surface area contributed by atoms with E-state index in [-0.39, 0.29) is 32.0 Å². The Hall–Kier alpha value is -1.51. The number of nitrogens with zero attached hydrogens (tertiary/aromatic N) is 1. The van der Waals surface area contributed by atoms with Crippen molar-refractivity contribution in [1.29, 1.82) is 0 Å². The zero-order valence-corrected chi connectivity index (χ0v) is 36.6. The molecule has 0 aliphatic rings. The molecule has 0 saturated heterocycles. The minimum atomic E-state index is -4.37. The van der Waals surface area contributed by atoms with Crippen LogP contribution in [0.25, 0.3) is 0 Å². The number of carbonyl (C=O) groups excluding carboxylic acids is 2. The number of likely N-dealkylation sites (N-methyl/N-ethyl adjacent to an activating group) is 1. The van der Waals surface area contributed by atoms with Crippen LogP contribution in [0.2, 0.25) is 0 Å². The zero-order chi connectivity index (χ0) is 40.0. The number of allylic oxidation sites excluding steroid dienone is 4. The Balaban J connectivity index is 4.38. The van der Waals surface area contributed by atoms with Crippen molar-refractivity contribution >= 4 is 19.8 Å². The maximum atomic E-state index is 12.7. The molecule has 0 aliphatic heterocycles. The van der Waals surface area contributed by atoms with Gasteiger partial charge in [0.05, 0.1) is 27.7 Å². The fraction of sp³-hybridized carbons (Fsp3) is 0.864. The number of phosphoric ester groups is 1. The molecule has 2 atom stereocenters. The average molecular weight is 787 g/mol. The van der Waals surface area contributed by atoms with E-state index in [4.69, 9.17) is 18.5 Å². The molecule has 1 N–H and O–H groups in total. The normalized spacial score (nSPS) is 13.8. The minimum absolute atomic E-state index is 0.0299. The van der Waals surface area contributed by atoms with Gasteiger partial charge in [0, 0.05) is 12.8 Å². The van der Waals surface area contributed by atoms with Crippen LogP contribution >= 0.6 is 7.82 Å². The maximum absolute atomic E-state index is 12.7. The van der Waals surface area contributed by atoms with Gasteiger partial charge in [0.1, 0.15) is 19.8 Å². The first-order valence-electron chi connectivity index (χ1n) is 22.1. The molecule has 0 fully saturated rings. The standard InChI is InChI=1S/C44H84NO8P/c1-6-8-10-12-14-16-18-20-22-24-26-28-30-32-34-36-43(46)50-40-42(41-52-54(48,49)51-39-38-45(3,4)5)53-44(47)37-35-33-31-29-27-25-23-21-19-17-15-13-11-9-7-2/h20-23,42H,6-19,24-41H2,1-5H3/p+1/b22-20-,23-21-/t42-/m0/s1. The van der Waals surface area contributed by atoms with Crippen LogP contribution in [0.5, 0.6) is 0 Å². The second kappa shape index (κ2) is 37.1. The number of hydrogen-bond donors (Lipinski definition) is 1. The van der Waals surface area contributed by atoms with Gasteiger partial charge in [-0.05, 0) is 64.2 Å². The van der Waals surface area contributed by atoms with E-state index in [1.54, 1.807) is 0 Å². The molecule has 0 spiro atoms. The van der Waals surface area contributed by atoms with Crippen molar-refractivity contribution in [3.63, 3.8) is 0 Å². The number of hydrogen-bond acceptors (Lipinski definition) is 7. The SMILES string of the molecule is CCCCCCCC/C=C\CCCCCCCC(=O)OC[C@@H](COP(=O)(O)OCC[N+](C)(C)C)OC(=O)CCCCCCC/C=C\CCCCCCCC. The lowest BCUT2D eigenvalue weighted by molar-refractivity contribution is -0.870. The molecule has 0 aromatic carbocycles. The lowest BCUT2D eigenvalue weighted by Gasteiger charge is -2.24. The molecule has 0 radical (unpaired) electrons. The summed E-state index contributed by atoms with van der Waals surface area (Å²) in [7, 11) is 1.47. The third kappa shape index (κ3) is 40.2. The van der Waals surface area contributed by atoms with Gasteiger partial charge in [0.2, 0.25) is 0 Å². The summed E-state index contributed by atoms with van der Waals surface area (Å²) in [5.41, 5.74) is 0. The predicted octanol–water partition coefficient (Wildman–Crippen LogP) is 12.4. The fourth-order valence-corrected chi connectivity index (χ4v) is 6.69. The second-order valence-electron chi connectivity index (χ2n) is 16.1. The molecule has 0 amide bonds. The number of esters is 2. The molecule has 318 valence electrons. The fourth-order valence-electron chi connectivity index (χ4n) is 5.94. The van der Waals surface area contributed by atoms with E-state index in [0.29, 0.717) is 17.4 Å². The van der Waals surface area contributed by atoms with E-state index in [1.807, 2.05) is 21.1 Å². The number of rotatable bonds is 40. The van der Waals surface area contributed by atoms with Gasteiger partial charge in [0.25, 0.3) is 0 Å². The molecule has 0 aromatic heterocycles. The molecule has 0 bridgehead atoms. The number of unbranched alkanes of at least 4 members (excludes halogenated alkanes) is 22. The quantitative estimate of drug-likeness (QED) is 0.0215. The van der Waals surface area contributed by atoms with E-state index in [0.717, 1.165) is 70.6 Å². The Bertz CT molecular complexity index is 980. The van der Waals surface area contributed by atoms with Crippen molar-refractivity contribution in [3.05, 3.63) is 24.3 Å². The van der Waals surface area contributed by atoms with Crippen molar-refractivity contribution < 1.29 is 42.1 Å². The first-order chi connectivity index (χ1) is 26.0. The van der Waals surface area contributed by atoms with Crippen molar-refractivity contribution in [1.82, 2.24) is 0 Å². The van der Waals surface area contributed by atoms with Gasteiger partial charge in [-0.3, -0.25) is 18.6 Å². The molecule has 0 saturated carbocycles. The van der Waals surface area contributed by atoms with Crippen LogP contribution in [-0.2, 0) is 32.7 Å². The van der Waals surface area contributed by atoms with Gasteiger partial charge in [-0.25, -0.2) is 4.57 Å². The van der Waals surface area contributed by atoms with Crippen molar-refractivity contribution in [2.24, 2.45) is 0 Å². The first-order valence-corrected chi connectivity index (χ1v) is 23.6. The third-order valence-electron chi connectivity index (χ3n) is 9.45. The summed E-state index contributed by atoms with van der Waals surface area (Å²) in [6.07, 6.45) is 39.3. The highest BCUT2D eigenvalue weighted by Gasteiger charge is 2.27. The molecule has 0 heterocycles. The Kier molecular flexibility index (Phi) is 36.1. The Morgan fingerprint density at radius 1 is 0.556 bits per heavy atom. The van der Waals surface area contributed by atoms with Crippen LogP contribution in [0.3, 0.4) is 0 Å². The van der Waals surface area contributed by atoms with Gasteiger partial charge in [-0.1, -0.05) is 141 Å². The van der Waals surface area contributed by atoms with E-state index in [2.05, 4.69) is 38.2 Å². The van der Waals surface area contributed by atoms with Crippen LogP contribution < -0.4 is 0 Å². The van der Waals surface area contributed by atoms with E-state index < -0.39 is 26.5 Å². The van der Waals surface area contributed by atoms with Crippen molar-refractivity contribution in [2.75, 3.05) is 47.5 Å². The molecule has 0 rings (SSSR count). The third-order valence-corrected chi connectivity index (χ3v) is 10.4. The highest BCUT2D eigenvalue weighted by atomic mass is 31.2. The Labute approximate surface area is 332 Å². The van der Waals surface area contributed by atoms with E-state index in [1.165, 1.54) is 89.9 Å². The van der Waals surface area contributed by atoms with Crippen LogP contribution in [0.4, 0.5) is 0 Å². The monoisotopic (exact) mass is 787 g/mol. The Morgan fingerprint density at radius 2 is 0.944 bits per heavy atom. The Morgan fingerprint density at radius 3 is 1.37 bits per heavy atom. The molecule has 10 heteroatoms. The summed E-state index contributed by atoms with van der Waals surface area (Å²) in [4.78, 5) is 35.3. The summed E-state index contributed by atoms with van der Waals surface area (Å²) in [6.45, 7) is 4.40. The molecule has 1 unspecified atom stereocenters. The number of phosphoric acid groups is 1. The summed E-state index contributed by atoms with van der Waals surface area (Å²) in [5, 5.41) is 0. The van der Waals surface area contributed by atoms with Gasteiger partial charge >= 0.3 is 19.8 Å². The largest absolute Gasteiger partial charge is 0.472 e. The van der Waals surface area contributed by atoms with Crippen LogP contribution in [0.15, 0.2) is 24.3 Å². The van der Waals surface area contributed by atoms with Crippen LogP contribution in [0.1, 0.15) is 194 Å². The van der Waals surface area contributed by atoms with Gasteiger partial charge in [-0.2, -0.15) is 0 Å². The number of quaternary nitrogens is 1. The van der Waals surface area contributed by atoms with E-state index in [9.17, 15) is 19.0 Å². The first kappa shape index (κ1) is 52.5. The molecule has 0 aliphatic carbocycles. The molecular formula is C44H85NO8P+. The van der Waals surface area contributed by atoms with Crippen molar-refractivity contribution in [3.8, 4) is 0 Å². The second-order valence-corrected chi connectivity index (χ2v) is 17.5. The van der Waals surface area contributed by atoms with Crippen LogP contribution in [0, 0.1) is 0 Å². The highest BCUT2D eigenvalue weighted by molar-refractivity contribution is 7.47.